The molecule has 3 rings (SSSR count). The Bertz CT molecular complexity index is 1100. The molecular weight excluding hydrogens is 504 g/mol. The topological polar surface area (TPSA) is 174 Å². The normalized spacial score (nSPS) is 22.7. The molecule has 12 nitrogen and oxygen atoms in total. The molecule has 2 aromatic rings. The number of ether oxygens (including phenoxy) is 6. The van der Waals surface area contributed by atoms with Gasteiger partial charge in [0.2, 0.25) is 6.29 Å². The number of aliphatic hydroxyl groups is 4. The molecule has 0 bridgehead atoms. The van der Waals surface area contributed by atoms with E-state index < -0.39 is 49.4 Å². The van der Waals surface area contributed by atoms with Crippen molar-refractivity contribution in [2.24, 2.45) is 0 Å². The molecule has 6 atom stereocenters. The van der Waals surface area contributed by atoms with E-state index in [4.69, 9.17) is 28.4 Å². The van der Waals surface area contributed by atoms with Gasteiger partial charge in [-0.25, -0.2) is 4.79 Å². The predicted molar refractivity (Wildman–Crippen MR) is 132 cm³/mol. The first kappa shape index (κ1) is 29.2. The van der Waals surface area contributed by atoms with E-state index in [1.807, 2.05) is 0 Å². The number of esters is 1. The van der Waals surface area contributed by atoms with Crippen molar-refractivity contribution in [2.45, 2.75) is 36.8 Å². The first-order valence-electron chi connectivity index (χ1n) is 11.6. The fourth-order valence-electron chi connectivity index (χ4n) is 3.77. The number of hydrogen-bond donors (Lipinski definition) is 5. The van der Waals surface area contributed by atoms with Gasteiger partial charge in [-0.1, -0.05) is 12.1 Å². The molecule has 38 heavy (non-hydrogen) atoms. The highest BCUT2D eigenvalue weighted by atomic mass is 16.7. The van der Waals surface area contributed by atoms with Crippen LogP contribution in [-0.2, 0) is 19.0 Å². The van der Waals surface area contributed by atoms with Gasteiger partial charge in [0.1, 0.15) is 24.4 Å². The Hall–Kier alpha value is -3.39. The second-order valence-corrected chi connectivity index (χ2v) is 8.37. The van der Waals surface area contributed by atoms with Crippen molar-refractivity contribution < 1.29 is 58.7 Å². The molecular formula is C26H32O12. The van der Waals surface area contributed by atoms with Gasteiger partial charge in [0, 0.05) is 13.2 Å². The van der Waals surface area contributed by atoms with E-state index in [1.54, 1.807) is 12.1 Å². The summed E-state index contributed by atoms with van der Waals surface area (Å²) in [6, 6.07) is 8.97. The highest BCUT2D eigenvalue weighted by molar-refractivity contribution is 5.87. The molecule has 2 unspecified atom stereocenters. The summed E-state index contributed by atoms with van der Waals surface area (Å²) in [4.78, 5) is 12.2. The molecule has 0 spiro atoms. The number of aliphatic hydroxyl groups excluding tert-OH is 4. The molecule has 1 saturated heterocycles. The lowest BCUT2D eigenvalue weighted by Crippen LogP contribution is -2.35. The minimum absolute atomic E-state index is 0.0215. The maximum Gasteiger partial charge on any atom is 0.333 e. The summed E-state index contributed by atoms with van der Waals surface area (Å²) in [7, 11) is 4.19. The molecule has 12 heteroatoms. The number of benzene rings is 2. The zero-order chi connectivity index (χ0) is 27.8. The van der Waals surface area contributed by atoms with E-state index in [-0.39, 0.29) is 29.6 Å². The summed E-state index contributed by atoms with van der Waals surface area (Å²) in [5.74, 6) is -0.276. The molecule has 5 N–H and O–H groups in total. The van der Waals surface area contributed by atoms with Crippen molar-refractivity contribution in [3.8, 4) is 23.0 Å². The van der Waals surface area contributed by atoms with E-state index in [0.717, 1.165) is 6.08 Å². The quantitative estimate of drug-likeness (QED) is 0.188. The van der Waals surface area contributed by atoms with Crippen LogP contribution in [0.4, 0.5) is 0 Å². The Morgan fingerprint density at radius 3 is 2.42 bits per heavy atom. The summed E-state index contributed by atoms with van der Waals surface area (Å²) < 4.78 is 31.5. The third-order valence-electron chi connectivity index (χ3n) is 5.84. The van der Waals surface area contributed by atoms with Crippen LogP contribution in [-0.4, -0.2) is 96.8 Å². The summed E-state index contributed by atoms with van der Waals surface area (Å²) in [5.41, 5.74) is 0.883. The van der Waals surface area contributed by atoms with Crippen molar-refractivity contribution in [3.63, 3.8) is 0 Å². The van der Waals surface area contributed by atoms with Gasteiger partial charge in [-0.05, 0) is 41.5 Å². The van der Waals surface area contributed by atoms with Crippen LogP contribution in [0.15, 0.2) is 42.5 Å². The molecule has 1 aliphatic rings. The van der Waals surface area contributed by atoms with Crippen molar-refractivity contribution in [1.82, 2.24) is 0 Å². The largest absolute Gasteiger partial charge is 0.504 e. The third kappa shape index (κ3) is 6.92. The van der Waals surface area contributed by atoms with Crippen LogP contribution in [0.1, 0.15) is 17.2 Å². The lowest BCUT2D eigenvalue weighted by atomic mass is 10.0. The van der Waals surface area contributed by atoms with Gasteiger partial charge in [0.05, 0.1) is 27.4 Å². The van der Waals surface area contributed by atoms with Crippen molar-refractivity contribution in [1.29, 1.82) is 0 Å². The van der Waals surface area contributed by atoms with Gasteiger partial charge < -0.3 is 54.0 Å². The SMILES string of the molecule is COC[C@@H]1O[C@@H](OC(=O)/C=C/c2ccc(OC(CO)C(O)c3ccc(O)c(OC)c3)c(OC)c2)[C@H](O)[C@H]1O. The van der Waals surface area contributed by atoms with Gasteiger partial charge in [-0.2, -0.15) is 0 Å². The van der Waals surface area contributed by atoms with E-state index in [1.165, 1.54) is 51.7 Å². The monoisotopic (exact) mass is 536 g/mol. The van der Waals surface area contributed by atoms with E-state index >= 15 is 0 Å². The Labute approximate surface area is 219 Å². The van der Waals surface area contributed by atoms with E-state index in [0.29, 0.717) is 11.1 Å². The highest BCUT2D eigenvalue weighted by Crippen LogP contribution is 2.34. The fourth-order valence-corrected chi connectivity index (χ4v) is 3.77. The molecule has 0 aliphatic carbocycles. The second-order valence-electron chi connectivity index (χ2n) is 8.37. The van der Waals surface area contributed by atoms with Gasteiger partial charge in [-0.15, -0.1) is 0 Å². The molecule has 1 aliphatic heterocycles. The number of aromatic hydroxyl groups is 1. The average Bonchev–Trinajstić information content (AvgIpc) is 3.18. The minimum atomic E-state index is -1.42. The van der Waals surface area contributed by atoms with Gasteiger partial charge in [0.15, 0.2) is 29.1 Å². The van der Waals surface area contributed by atoms with E-state index in [9.17, 15) is 30.3 Å². The average molecular weight is 537 g/mol. The number of rotatable bonds is 12. The predicted octanol–water partition coefficient (Wildman–Crippen LogP) is 0.532. The van der Waals surface area contributed by atoms with Crippen LogP contribution >= 0.6 is 0 Å². The van der Waals surface area contributed by atoms with Crippen molar-refractivity contribution in [2.75, 3.05) is 34.5 Å². The van der Waals surface area contributed by atoms with Crippen molar-refractivity contribution >= 4 is 12.0 Å². The Morgan fingerprint density at radius 1 is 1.03 bits per heavy atom. The third-order valence-corrected chi connectivity index (χ3v) is 5.84. The maximum atomic E-state index is 12.2. The van der Waals surface area contributed by atoms with Crippen molar-refractivity contribution in [3.05, 3.63) is 53.6 Å². The maximum absolute atomic E-state index is 12.2. The molecule has 0 radical (unpaired) electrons. The van der Waals surface area contributed by atoms with Crippen LogP contribution in [0.2, 0.25) is 0 Å². The van der Waals surface area contributed by atoms with Gasteiger partial charge >= 0.3 is 5.97 Å². The molecule has 1 fully saturated rings. The number of phenols is 1. The number of carbonyl (C=O) groups is 1. The van der Waals surface area contributed by atoms with Crippen LogP contribution < -0.4 is 14.2 Å². The summed E-state index contributed by atoms with van der Waals surface area (Å²) in [5, 5.41) is 50.3. The zero-order valence-corrected chi connectivity index (χ0v) is 21.1. The Morgan fingerprint density at radius 2 is 1.76 bits per heavy atom. The van der Waals surface area contributed by atoms with Crippen LogP contribution in [0.3, 0.4) is 0 Å². The molecule has 2 aromatic carbocycles. The summed E-state index contributed by atoms with van der Waals surface area (Å²) >= 11 is 0. The summed E-state index contributed by atoms with van der Waals surface area (Å²) in [6.07, 6.45) is -4.64. The number of carbonyl (C=O) groups excluding carboxylic acids is 1. The van der Waals surface area contributed by atoms with Crippen LogP contribution in [0.25, 0.3) is 6.08 Å². The second kappa shape index (κ2) is 13.4. The van der Waals surface area contributed by atoms with Gasteiger partial charge in [-0.3, -0.25) is 0 Å². The number of hydrogen-bond acceptors (Lipinski definition) is 12. The number of phenolic OH excluding ortho intramolecular Hbond substituents is 1. The smallest absolute Gasteiger partial charge is 0.333 e. The molecule has 1 heterocycles. The lowest BCUT2D eigenvalue weighted by molar-refractivity contribution is -0.185. The highest BCUT2D eigenvalue weighted by Gasteiger charge is 2.44. The van der Waals surface area contributed by atoms with Crippen LogP contribution in [0.5, 0.6) is 23.0 Å². The Kier molecular flexibility index (Phi) is 10.3. The molecule has 208 valence electrons. The minimum Gasteiger partial charge on any atom is -0.504 e. The zero-order valence-electron chi connectivity index (χ0n) is 21.1. The first-order valence-corrected chi connectivity index (χ1v) is 11.6. The first-order chi connectivity index (χ1) is 18.2. The molecule has 0 saturated carbocycles. The standard InChI is InChI=1S/C26H32O12/c1-33-13-21-24(31)25(32)26(37-21)38-22(29)9-5-14-4-8-17(19(10-14)35-3)36-20(12-27)23(30)15-6-7-16(28)18(11-15)34-2/h4-11,20-21,23-28,30-32H,12-13H2,1-3H3/b9-5+/t20?,21-,23?,24-,25+,26-/m0/s1. The fraction of sp³-hybridized carbons (Fsp3) is 0.423. The van der Waals surface area contributed by atoms with Gasteiger partial charge in [0.25, 0.3) is 0 Å². The van der Waals surface area contributed by atoms with Crippen LogP contribution in [0, 0.1) is 0 Å². The lowest BCUT2D eigenvalue weighted by Gasteiger charge is -2.24. The number of methoxy groups -OCH3 is 3. The Balaban J connectivity index is 1.66. The molecule has 0 amide bonds. The van der Waals surface area contributed by atoms with E-state index in [2.05, 4.69) is 0 Å². The summed E-state index contributed by atoms with van der Waals surface area (Å²) in [6.45, 7) is -0.510. The molecule has 0 aromatic heterocycles.